The van der Waals surface area contributed by atoms with Crippen molar-refractivity contribution in [1.29, 1.82) is 0 Å². The van der Waals surface area contributed by atoms with Crippen LogP contribution in [-0.4, -0.2) is 44.2 Å². The number of ether oxygens (including phenoxy) is 1. The van der Waals surface area contributed by atoms with Gasteiger partial charge >= 0.3 is 5.97 Å². The molecule has 0 radical (unpaired) electrons. The molecule has 0 aliphatic rings. The summed E-state index contributed by atoms with van der Waals surface area (Å²) in [4.78, 5) is 11.2. The quantitative estimate of drug-likeness (QED) is 0.126. The van der Waals surface area contributed by atoms with E-state index in [-0.39, 0.29) is 18.4 Å². The minimum absolute atomic E-state index is 0. The highest BCUT2D eigenvalue weighted by atomic mass is 35.5. The molecule has 0 saturated heterocycles. The fraction of sp³-hybridized carbons (Fsp3) is 0.880. The Balaban J connectivity index is 0. The predicted octanol–water partition coefficient (Wildman–Crippen LogP) is 4.06. The topological polar surface area (TPSA) is 26.3 Å². The van der Waals surface area contributed by atoms with Crippen molar-refractivity contribution >= 4 is 5.97 Å². The molecule has 0 aromatic rings. The van der Waals surface area contributed by atoms with Gasteiger partial charge in [0.25, 0.3) is 0 Å². The molecule has 0 aromatic heterocycles. The third-order valence-electron chi connectivity index (χ3n) is 5.61. The number of halogens is 1. The molecule has 0 heterocycles. The largest absolute Gasteiger partial charge is 1.00 e. The number of unbranched alkanes of at least 4 members (excludes halogenated alkanes) is 13. The Labute approximate surface area is 188 Å². The predicted molar refractivity (Wildman–Crippen MR) is 123 cm³/mol. The van der Waals surface area contributed by atoms with E-state index < -0.39 is 0 Å². The van der Waals surface area contributed by atoms with E-state index in [1.807, 2.05) is 0 Å². The molecule has 0 atom stereocenters. The number of rotatable bonds is 20. The Kier molecular flexibility index (Phi) is 21.9. The van der Waals surface area contributed by atoms with Gasteiger partial charge in [-0.1, -0.05) is 77.7 Å². The van der Waals surface area contributed by atoms with Crippen LogP contribution < -0.4 is 12.4 Å². The molecule has 0 aliphatic carbocycles. The summed E-state index contributed by atoms with van der Waals surface area (Å²) in [5.74, 6) is -0.256. The molecule has 0 aliphatic heterocycles. The van der Waals surface area contributed by atoms with Crippen molar-refractivity contribution in [2.75, 3.05) is 33.8 Å². The molecular formula is C25H50ClNO2. The zero-order valence-electron chi connectivity index (χ0n) is 20.1. The Morgan fingerprint density at radius 2 is 1.10 bits per heavy atom. The average Bonchev–Trinajstić information content (AvgIpc) is 2.65. The normalized spacial score (nSPS) is 11.2. The molecule has 29 heavy (non-hydrogen) atoms. The molecule has 0 bridgehead atoms. The number of esters is 1. The van der Waals surface area contributed by atoms with Crippen LogP contribution in [0.25, 0.3) is 0 Å². The zero-order chi connectivity index (χ0) is 21.1. The van der Waals surface area contributed by atoms with Crippen molar-refractivity contribution in [2.24, 2.45) is 0 Å². The van der Waals surface area contributed by atoms with Crippen LogP contribution in [0.2, 0.25) is 0 Å². The first-order valence-electron chi connectivity index (χ1n) is 12.0. The Bertz CT molecular complexity index is 396. The summed E-state index contributed by atoms with van der Waals surface area (Å²) in [6.45, 7) is 10.8. The van der Waals surface area contributed by atoms with E-state index in [1.54, 1.807) is 6.92 Å². The average molecular weight is 432 g/mol. The number of nitrogens with zero attached hydrogens (tertiary/aromatic N) is 1. The van der Waals surface area contributed by atoms with Crippen molar-refractivity contribution in [3.05, 3.63) is 12.2 Å². The monoisotopic (exact) mass is 431 g/mol. The van der Waals surface area contributed by atoms with Crippen LogP contribution in [0.4, 0.5) is 0 Å². The lowest BCUT2D eigenvalue weighted by atomic mass is 10.1. The summed E-state index contributed by atoms with van der Waals surface area (Å²) >= 11 is 0. The molecule has 0 aromatic carbocycles. The molecule has 174 valence electrons. The van der Waals surface area contributed by atoms with Crippen molar-refractivity contribution in [1.82, 2.24) is 0 Å². The SMILES string of the molecule is C=C(C)C(=O)OCCCCCCCCCCC[N+](C)(C)CCCCCCCC.[Cl-]. The number of hydrogen-bond donors (Lipinski definition) is 0. The summed E-state index contributed by atoms with van der Waals surface area (Å²) in [6, 6.07) is 0. The van der Waals surface area contributed by atoms with Gasteiger partial charge in [0.15, 0.2) is 0 Å². The highest BCUT2D eigenvalue weighted by Crippen LogP contribution is 2.13. The van der Waals surface area contributed by atoms with Gasteiger partial charge in [0, 0.05) is 5.57 Å². The lowest BCUT2D eigenvalue weighted by molar-refractivity contribution is -0.890. The van der Waals surface area contributed by atoms with Crippen LogP contribution in [0, 0.1) is 0 Å². The summed E-state index contributed by atoms with van der Waals surface area (Å²) < 4.78 is 6.31. The molecule has 0 amide bonds. The Morgan fingerprint density at radius 3 is 1.52 bits per heavy atom. The van der Waals surface area contributed by atoms with Gasteiger partial charge in [-0.05, 0) is 39.0 Å². The molecule has 3 nitrogen and oxygen atoms in total. The molecule has 0 rings (SSSR count). The first-order valence-corrected chi connectivity index (χ1v) is 12.0. The van der Waals surface area contributed by atoms with E-state index in [4.69, 9.17) is 4.74 Å². The lowest BCUT2D eigenvalue weighted by Crippen LogP contribution is -3.00. The molecule has 4 heteroatoms. The molecule has 0 unspecified atom stereocenters. The van der Waals surface area contributed by atoms with E-state index in [0.29, 0.717) is 12.2 Å². The second kappa shape index (κ2) is 20.7. The van der Waals surface area contributed by atoms with Crippen molar-refractivity contribution in [3.63, 3.8) is 0 Å². The molecule has 0 fully saturated rings. The third-order valence-corrected chi connectivity index (χ3v) is 5.61. The Morgan fingerprint density at radius 1 is 0.724 bits per heavy atom. The van der Waals surface area contributed by atoms with Crippen LogP contribution in [0.5, 0.6) is 0 Å². The Hall–Kier alpha value is -0.540. The first kappa shape index (κ1) is 30.7. The minimum atomic E-state index is -0.256. The van der Waals surface area contributed by atoms with Crippen LogP contribution in [-0.2, 0) is 9.53 Å². The van der Waals surface area contributed by atoms with Crippen LogP contribution >= 0.6 is 0 Å². The van der Waals surface area contributed by atoms with Crippen LogP contribution in [0.1, 0.15) is 110 Å². The highest BCUT2D eigenvalue weighted by Gasteiger charge is 2.13. The fourth-order valence-corrected chi connectivity index (χ4v) is 3.60. The summed E-state index contributed by atoms with van der Waals surface area (Å²) in [5, 5.41) is 0. The highest BCUT2D eigenvalue weighted by molar-refractivity contribution is 5.86. The van der Waals surface area contributed by atoms with Gasteiger partial charge in [-0.3, -0.25) is 0 Å². The van der Waals surface area contributed by atoms with Gasteiger partial charge in [0.05, 0.1) is 33.8 Å². The van der Waals surface area contributed by atoms with Gasteiger partial charge in [0.2, 0.25) is 0 Å². The van der Waals surface area contributed by atoms with E-state index in [9.17, 15) is 4.79 Å². The maximum Gasteiger partial charge on any atom is 0.333 e. The summed E-state index contributed by atoms with van der Waals surface area (Å²) in [7, 11) is 4.80. The zero-order valence-corrected chi connectivity index (χ0v) is 20.8. The number of hydrogen-bond acceptors (Lipinski definition) is 2. The molecule has 0 N–H and O–H groups in total. The van der Waals surface area contributed by atoms with Gasteiger partial charge in [-0.2, -0.15) is 0 Å². The van der Waals surface area contributed by atoms with Gasteiger partial charge < -0.3 is 21.6 Å². The van der Waals surface area contributed by atoms with E-state index in [0.717, 1.165) is 12.8 Å². The maximum atomic E-state index is 11.2. The number of carbonyl (C=O) groups excluding carboxylic acids is 1. The van der Waals surface area contributed by atoms with Crippen molar-refractivity contribution in [2.45, 2.75) is 110 Å². The molecule has 0 spiro atoms. The van der Waals surface area contributed by atoms with Crippen molar-refractivity contribution < 1.29 is 26.4 Å². The van der Waals surface area contributed by atoms with E-state index >= 15 is 0 Å². The number of quaternary nitrogens is 1. The molecule has 0 saturated carbocycles. The summed E-state index contributed by atoms with van der Waals surface area (Å²) in [5.41, 5.74) is 0.490. The van der Waals surface area contributed by atoms with Gasteiger partial charge in [-0.25, -0.2) is 4.79 Å². The van der Waals surface area contributed by atoms with E-state index in [2.05, 4.69) is 27.6 Å². The van der Waals surface area contributed by atoms with Gasteiger partial charge in [-0.15, -0.1) is 0 Å². The van der Waals surface area contributed by atoms with Crippen LogP contribution in [0.15, 0.2) is 12.2 Å². The second-order valence-corrected chi connectivity index (χ2v) is 9.25. The van der Waals surface area contributed by atoms with E-state index in [1.165, 1.54) is 101 Å². The van der Waals surface area contributed by atoms with Crippen molar-refractivity contribution in [3.8, 4) is 0 Å². The standard InChI is InChI=1S/C25H50NO2.ClH/c1-6-7-8-9-15-18-21-26(4,5)22-19-16-13-11-10-12-14-17-20-23-28-25(27)24(2)3;/h2,6-23H2,1,3-5H3;1H/q+1;/p-1. The van der Waals surface area contributed by atoms with Gasteiger partial charge in [0.1, 0.15) is 0 Å². The summed E-state index contributed by atoms with van der Waals surface area (Å²) in [6.07, 6.45) is 20.0. The second-order valence-electron chi connectivity index (χ2n) is 9.25. The fourth-order valence-electron chi connectivity index (χ4n) is 3.60. The lowest BCUT2D eigenvalue weighted by Gasteiger charge is -2.30. The van der Waals surface area contributed by atoms with Crippen LogP contribution in [0.3, 0.4) is 0 Å². The molecular weight excluding hydrogens is 382 g/mol. The number of carbonyl (C=O) groups is 1. The first-order chi connectivity index (χ1) is 13.4. The third kappa shape index (κ3) is 22.0. The minimum Gasteiger partial charge on any atom is -1.00 e. The smallest absolute Gasteiger partial charge is 0.333 e. The maximum absolute atomic E-state index is 11.2.